The minimum atomic E-state index is -0.693. The van der Waals surface area contributed by atoms with Crippen molar-refractivity contribution in [1.29, 1.82) is 0 Å². The lowest BCUT2D eigenvalue weighted by Crippen LogP contribution is -2.52. The highest BCUT2D eigenvalue weighted by molar-refractivity contribution is 6.11. The Labute approximate surface area is 309 Å². The third-order valence-corrected chi connectivity index (χ3v) is 10.7. The first-order chi connectivity index (χ1) is 25.6. The number of benzene rings is 3. The van der Waals surface area contributed by atoms with Crippen LogP contribution >= 0.6 is 0 Å². The molecule has 3 aromatic rings. The summed E-state index contributed by atoms with van der Waals surface area (Å²) >= 11 is 0. The van der Waals surface area contributed by atoms with Crippen LogP contribution in [0.3, 0.4) is 0 Å². The van der Waals surface area contributed by atoms with E-state index >= 15 is 0 Å². The Morgan fingerprint density at radius 2 is 1.62 bits per heavy atom. The molecule has 5 aliphatic heterocycles. The molecule has 5 heterocycles. The monoisotopic (exact) mass is 712 g/mol. The Morgan fingerprint density at radius 1 is 0.906 bits per heavy atom. The molecular formula is C42H44N6O5. The van der Waals surface area contributed by atoms with Gasteiger partial charge < -0.3 is 14.8 Å². The zero-order chi connectivity index (χ0) is 36.9. The summed E-state index contributed by atoms with van der Waals surface area (Å²) in [5.74, 6) is 0.444. The Kier molecular flexibility index (Phi) is 8.96. The number of carbonyl (C=O) groups excluding carboxylic acids is 3. The van der Waals surface area contributed by atoms with Crippen LogP contribution in [0.5, 0.6) is 0 Å². The Bertz CT molecular complexity index is 2080. The van der Waals surface area contributed by atoms with E-state index in [9.17, 15) is 14.4 Å². The van der Waals surface area contributed by atoms with Crippen molar-refractivity contribution in [2.45, 2.75) is 89.1 Å². The second-order valence-electron chi connectivity index (χ2n) is 15.3. The van der Waals surface area contributed by atoms with Gasteiger partial charge in [-0.25, -0.2) is 14.6 Å². The standard InChI is InChI=1S/C42H44N6O5/c1-42(2,3)53-41(51)47-20-6-9-35(47)33-21-31(23-43-33)27-12-10-25(11-13-27)26-14-16-28(17-15-26)34-24-44-38(45-34)36-22-30-8-5-7-29-18-19-32(46-40(50)52-4)39(49)48(36)37(29)30/h5,7-8,10-17,23-24,32,34-36H,6,9,18-22H2,1-4H3,(H,46,50)/t32-,34?,35-,36?/m0/s1. The molecule has 53 heavy (non-hydrogen) atoms. The lowest BCUT2D eigenvalue weighted by Gasteiger charge is -2.28. The number of likely N-dealkylation sites (tertiary alicyclic amines) is 1. The molecule has 1 saturated heterocycles. The fourth-order valence-electron chi connectivity index (χ4n) is 8.09. The Morgan fingerprint density at radius 3 is 2.36 bits per heavy atom. The molecule has 11 heteroatoms. The molecule has 272 valence electrons. The normalized spacial score (nSPS) is 23.3. The molecule has 3 amide bonds. The number of hydrogen-bond donors (Lipinski definition) is 1. The van der Waals surface area contributed by atoms with Gasteiger partial charge >= 0.3 is 12.2 Å². The van der Waals surface area contributed by atoms with Gasteiger partial charge in [0, 0.05) is 37.5 Å². The van der Waals surface area contributed by atoms with Crippen molar-refractivity contribution in [3.8, 4) is 11.1 Å². The van der Waals surface area contributed by atoms with Crippen molar-refractivity contribution in [3.63, 3.8) is 0 Å². The van der Waals surface area contributed by atoms with E-state index in [1.807, 2.05) is 44.2 Å². The maximum absolute atomic E-state index is 13.9. The largest absolute Gasteiger partial charge is 0.453 e. The van der Waals surface area contributed by atoms with Gasteiger partial charge in [-0.05, 0) is 85.4 Å². The molecule has 0 radical (unpaired) electrons. The van der Waals surface area contributed by atoms with Gasteiger partial charge in [-0.2, -0.15) is 0 Å². The average molecular weight is 713 g/mol. The number of rotatable bonds is 6. The second-order valence-corrected chi connectivity index (χ2v) is 15.3. The predicted molar refractivity (Wildman–Crippen MR) is 206 cm³/mol. The highest BCUT2D eigenvalue weighted by Gasteiger charge is 2.44. The maximum Gasteiger partial charge on any atom is 0.410 e. The van der Waals surface area contributed by atoms with Crippen molar-refractivity contribution in [3.05, 3.63) is 95.2 Å². The lowest BCUT2D eigenvalue weighted by atomic mass is 9.96. The number of methoxy groups -OCH3 is 1. The number of ether oxygens (including phenoxy) is 2. The zero-order valence-electron chi connectivity index (χ0n) is 30.5. The van der Waals surface area contributed by atoms with Crippen LogP contribution in [0.15, 0.2) is 87.9 Å². The van der Waals surface area contributed by atoms with Gasteiger partial charge in [0.1, 0.15) is 29.6 Å². The summed E-state index contributed by atoms with van der Waals surface area (Å²) in [7, 11) is 1.30. The molecule has 1 N–H and O–H groups in total. The molecular weight excluding hydrogens is 668 g/mol. The van der Waals surface area contributed by atoms with E-state index in [4.69, 9.17) is 24.5 Å². The van der Waals surface area contributed by atoms with Crippen molar-refractivity contribution in [2.75, 3.05) is 18.6 Å². The number of aliphatic imine (C=N–C) groups is 3. The number of amides is 3. The fourth-order valence-corrected chi connectivity index (χ4v) is 8.09. The van der Waals surface area contributed by atoms with Crippen molar-refractivity contribution >= 4 is 47.1 Å². The van der Waals surface area contributed by atoms with Crippen LogP contribution in [0.4, 0.5) is 15.3 Å². The van der Waals surface area contributed by atoms with Crippen LogP contribution in [-0.2, 0) is 27.1 Å². The summed E-state index contributed by atoms with van der Waals surface area (Å²) in [5, 5.41) is 2.73. The summed E-state index contributed by atoms with van der Waals surface area (Å²) in [6, 6.07) is 21.7. The SMILES string of the molecule is COC(=O)N[C@H]1CCc2cccc3c2N(C1=O)C(C1=NC(c2ccc(-c4ccc(C5=CN=C([C@@H]6CCCN6C(=O)OC(C)(C)C)C5)cc4)cc2)C=N1)C3. The first-order valence-electron chi connectivity index (χ1n) is 18.4. The molecule has 3 aromatic carbocycles. The van der Waals surface area contributed by atoms with Gasteiger partial charge in [0.15, 0.2) is 0 Å². The van der Waals surface area contributed by atoms with E-state index in [1.54, 1.807) is 4.90 Å². The number of amidine groups is 1. The summed E-state index contributed by atoms with van der Waals surface area (Å²) in [4.78, 5) is 56.9. The van der Waals surface area contributed by atoms with Gasteiger partial charge in [0.05, 0.1) is 18.8 Å². The molecule has 0 bridgehead atoms. The highest BCUT2D eigenvalue weighted by atomic mass is 16.6. The highest BCUT2D eigenvalue weighted by Crippen LogP contribution is 2.41. The molecule has 0 spiro atoms. The van der Waals surface area contributed by atoms with Crippen LogP contribution in [0.1, 0.15) is 74.8 Å². The average Bonchev–Trinajstić information content (AvgIpc) is 3.97. The van der Waals surface area contributed by atoms with Gasteiger partial charge in [-0.3, -0.25) is 24.6 Å². The van der Waals surface area contributed by atoms with Crippen molar-refractivity contribution in [1.82, 2.24) is 10.2 Å². The first kappa shape index (κ1) is 34.5. The van der Waals surface area contributed by atoms with Gasteiger partial charge in [0.2, 0.25) is 5.91 Å². The number of hydrogen-bond acceptors (Lipinski definition) is 8. The molecule has 0 aliphatic carbocycles. The molecule has 0 aromatic heterocycles. The topological polar surface area (TPSA) is 125 Å². The first-order valence-corrected chi connectivity index (χ1v) is 18.4. The molecule has 5 aliphatic rings. The lowest BCUT2D eigenvalue weighted by molar-refractivity contribution is -0.120. The number of carbonyl (C=O) groups is 3. The third-order valence-electron chi connectivity index (χ3n) is 10.7. The van der Waals surface area contributed by atoms with Gasteiger partial charge in [-0.15, -0.1) is 0 Å². The maximum atomic E-state index is 13.9. The van der Waals surface area contributed by atoms with E-state index in [0.717, 1.165) is 63.2 Å². The summed E-state index contributed by atoms with van der Waals surface area (Å²) in [6.07, 6.45) is 7.24. The number of allylic oxidation sites excluding steroid dienone is 1. The summed E-state index contributed by atoms with van der Waals surface area (Å²) in [6.45, 7) is 6.37. The number of anilines is 1. The predicted octanol–water partition coefficient (Wildman–Crippen LogP) is 7.09. The minimum absolute atomic E-state index is 0.0245. The number of nitrogens with zero attached hydrogens (tertiary/aromatic N) is 5. The molecule has 8 rings (SSSR count). The zero-order valence-corrected chi connectivity index (χ0v) is 30.5. The number of alkyl carbamates (subject to hydrolysis) is 1. The van der Waals surface area contributed by atoms with Crippen molar-refractivity contribution < 1.29 is 23.9 Å². The van der Waals surface area contributed by atoms with Crippen LogP contribution in [-0.4, -0.2) is 78.1 Å². The van der Waals surface area contributed by atoms with Crippen LogP contribution in [0.25, 0.3) is 16.7 Å². The minimum Gasteiger partial charge on any atom is -0.453 e. The second kappa shape index (κ2) is 13.8. The van der Waals surface area contributed by atoms with Gasteiger partial charge in [0.25, 0.3) is 0 Å². The molecule has 2 unspecified atom stereocenters. The van der Waals surface area contributed by atoms with Gasteiger partial charge in [-0.1, -0.05) is 66.7 Å². The smallest absolute Gasteiger partial charge is 0.410 e. The number of aryl methyl sites for hydroxylation is 1. The van der Waals surface area contributed by atoms with Crippen LogP contribution in [0.2, 0.25) is 0 Å². The van der Waals surface area contributed by atoms with E-state index in [2.05, 4.69) is 66.0 Å². The van der Waals surface area contributed by atoms with E-state index in [-0.39, 0.29) is 30.1 Å². The third kappa shape index (κ3) is 6.76. The van der Waals surface area contributed by atoms with E-state index in [0.29, 0.717) is 38.1 Å². The van der Waals surface area contributed by atoms with E-state index < -0.39 is 17.7 Å². The number of para-hydroxylation sites is 1. The number of nitrogens with one attached hydrogen (secondary N) is 1. The molecule has 0 saturated carbocycles. The summed E-state index contributed by atoms with van der Waals surface area (Å²) < 4.78 is 10.5. The Balaban J connectivity index is 0.925. The van der Waals surface area contributed by atoms with Crippen LogP contribution in [0, 0.1) is 0 Å². The Hall–Kier alpha value is -5.58. The van der Waals surface area contributed by atoms with Crippen molar-refractivity contribution in [2.24, 2.45) is 15.0 Å². The molecule has 4 atom stereocenters. The van der Waals surface area contributed by atoms with Crippen LogP contribution < -0.4 is 10.2 Å². The van der Waals surface area contributed by atoms with E-state index in [1.165, 1.54) is 7.11 Å². The molecule has 11 nitrogen and oxygen atoms in total. The fraction of sp³-hybridized carbons (Fsp3) is 0.381. The summed E-state index contributed by atoms with van der Waals surface area (Å²) in [5.41, 5.74) is 9.05. The molecule has 1 fully saturated rings. The quantitative estimate of drug-likeness (QED) is 0.292.